The van der Waals surface area contributed by atoms with E-state index in [9.17, 15) is 9.59 Å². The Kier molecular flexibility index (Phi) is 4.68. The fourth-order valence-corrected chi connectivity index (χ4v) is 3.63. The van der Waals surface area contributed by atoms with Gasteiger partial charge in [-0.05, 0) is 39.2 Å². The van der Waals surface area contributed by atoms with Crippen LogP contribution in [0.2, 0.25) is 0 Å². The van der Waals surface area contributed by atoms with E-state index in [1.165, 1.54) is 6.42 Å². The van der Waals surface area contributed by atoms with Crippen molar-refractivity contribution in [2.75, 3.05) is 7.05 Å². The number of carboxylic acids is 1. The molecular weight excluding hydrogens is 256 g/mol. The molecule has 0 aromatic heterocycles. The molecule has 2 aliphatic rings. The molecule has 0 bridgehead atoms. The standard InChI is InChI=1S/C15H26N2O3/c1-16-14(6-3-2-4-7-14)10-12(18)17-15(8-5-9-15)11-13(19)20/h16H,2-11H2,1H3,(H,17,18)(H,19,20). The molecule has 114 valence electrons. The Balaban J connectivity index is 1.92. The summed E-state index contributed by atoms with van der Waals surface area (Å²) in [6.07, 6.45) is 8.72. The number of carboxylic acid groups (broad SMARTS) is 1. The first-order valence-corrected chi connectivity index (χ1v) is 7.71. The topological polar surface area (TPSA) is 78.4 Å². The minimum Gasteiger partial charge on any atom is -0.481 e. The Hall–Kier alpha value is -1.10. The van der Waals surface area contributed by atoms with Crippen LogP contribution in [0, 0.1) is 0 Å². The van der Waals surface area contributed by atoms with Gasteiger partial charge in [0.05, 0.1) is 12.0 Å². The van der Waals surface area contributed by atoms with Crippen molar-refractivity contribution in [2.45, 2.75) is 75.3 Å². The molecule has 2 rings (SSSR count). The van der Waals surface area contributed by atoms with E-state index in [-0.39, 0.29) is 17.9 Å². The Labute approximate surface area is 120 Å². The highest BCUT2D eigenvalue weighted by Gasteiger charge is 2.42. The fourth-order valence-electron chi connectivity index (χ4n) is 3.63. The summed E-state index contributed by atoms with van der Waals surface area (Å²) in [4.78, 5) is 23.3. The lowest BCUT2D eigenvalue weighted by atomic mass is 9.73. The summed E-state index contributed by atoms with van der Waals surface area (Å²) in [5.41, 5.74) is -0.566. The SMILES string of the molecule is CNC1(CC(=O)NC2(CC(=O)O)CCC2)CCCCC1. The second-order valence-electron chi connectivity index (χ2n) is 6.52. The molecule has 0 spiro atoms. The average molecular weight is 282 g/mol. The largest absolute Gasteiger partial charge is 0.481 e. The van der Waals surface area contributed by atoms with E-state index < -0.39 is 11.5 Å². The van der Waals surface area contributed by atoms with Crippen LogP contribution in [-0.4, -0.2) is 35.1 Å². The van der Waals surface area contributed by atoms with Crippen LogP contribution in [-0.2, 0) is 9.59 Å². The van der Waals surface area contributed by atoms with Gasteiger partial charge in [0.1, 0.15) is 0 Å². The number of carbonyl (C=O) groups excluding carboxylic acids is 1. The van der Waals surface area contributed by atoms with Gasteiger partial charge in [0.2, 0.25) is 5.91 Å². The average Bonchev–Trinajstić information content (AvgIpc) is 2.36. The Bertz CT molecular complexity index is 371. The van der Waals surface area contributed by atoms with Gasteiger partial charge in [-0.3, -0.25) is 9.59 Å². The molecule has 5 heteroatoms. The highest BCUT2D eigenvalue weighted by atomic mass is 16.4. The van der Waals surface area contributed by atoms with Gasteiger partial charge >= 0.3 is 5.97 Å². The number of carbonyl (C=O) groups is 2. The first-order chi connectivity index (χ1) is 9.49. The van der Waals surface area contributed by atoms with E-state index in [2.05, 4.69) is 10.6 Å². The first-order valence-electron chi connectivity index (χ1n) is 7.71. The Morgan fingerprint density at radius 3 is 2.00 bits per heavy atom. The van der Waals surface area contributed by atoms with E-state index in [4.69, 9.17) is 5.11 Å². The van der Waals surface area contributed by atoms with Gasteiger partial charge in [-0.25, -0.2) is 0 Å². The van der Waals surface area contributed by atoms with Gasteiger partial charge < -0.3 is 15.7 Å². The normalized spacial score (nSPS) is 23.6. The molecule has 2 saturated carbocycles. The summed E-state index contributed by atoms with van der Waals surface area (Å²) < 4.78 is 0. The molecule has 20 heavy (non-hydrogen) atoms. The van der Waals surface area contributed by atoms with Crippen molar-refractivity contribution < 1.29 is 14.7 Å². The molecule has 3 N–H and O–H groups in total. The second kappa shape index (κ2) is 6.12. The highest BCUT2D eigenvalue weighted by Crippen LogP contribution is 2.36. The minimum absolute atomic E-state index is 0.00204. The quantitative estimate of drug-likeness (QED) is 0.694. The van der Waals surface area contributed by atoms with Crippen molar-refractivity contribution in [1.29, 1.82) is 0 Å². The fraction of sp³-hybridized carbons (Fsp3) is 0.867. The van der Waals surface area contributed by atoms with E-state index in [1.807, 2.05) is 7.05 Å². The van der Waals surface area contributed by atoms with Crippen molar-refractivity contribution in [2.24, 2.45) is 0 Å². The van der Waals surface area contributed by atoms with Crippen molar-refractivity contribution in [1.82, 2.24) is 10.6 Å². The predicted molar refractivity (Wildman–Crippen MR) is 76.5 cm³/mol. The molecule has 0 aliphatic heterocycles. The molecule has 0 saturated heterocycles. The van der Waals surface area contributed by atoms with Gasteiger partial charge in [-0.15, -0.1) is 0 Å². The number of nitrogens with one attached hydrogen (secondary N) is 2. The van der Waals surface area contributed by atoms with E-state index >= 15 is 0 Å². The third-order valence-corrected chi connectivity index (χ3v) is 5.04. The monoisotopic (exact) mass is 282 g/mol. The molecule has 0 atom stereocenters. The molecule has 2 aliphatic carbocycles. The zero-order chi connectivity index (χ0) is 14.6. The summed E-state index contributed by atoms with van der Waals surface area (Å²) in [6.45, 7) is 0. The summed E-state index contributed by atoms with van der Waals surface area (Å²) in [5, 5.41) is 15.3. The molecule has 0 aromatic carbocycles. The van der Waals surface area contributed by atoms with Crippen molar-refractivity contribution >= 4 is 11.9 Å². The number of rotatable bonds is 6. The van der Waals surface area contributed by atoms with Crippen molar-refractivity contribution in [3.8, 4) is 0 Å². The summed E-state index contributed by atoms with van der Waals surface area (Å²) in [5.74, 6) is -0.826. The molecule has 0 unspecified atom stereocenters. The zero-order valence-corrected chi connectivity index (χ0v) is 12.3. The van der Waals surface area contributed by atoms with Crippen LogP contribution in [0.4, 0.5) is 0 Å². The van der Waals surface area contributed by atoms with Gasteiger partial charge in [0, 0.05) is 12.0 Å². The maximum Gasteiger partial charge on any atom is 0.305 e. The van der Waals surface area contributed by atoms with Crippen LogP contribution < -0.4 is 10.6 Å². The highest BCUT2D eigenvalue weighted by molar-refractivity contribution is 5.79. The summed E-state index contributed by atoms with van der Waals surface area (Å²) in [6, 6.07) is 0. The molecule has 0 radical (unpaired) electrons. The number of aliphatic carboxylic acids is 1. The molecular formula is C15H26N2O3. The van der Waals surface area contributed by atoms with Crippen LogP contribution in [0.3, 0.4) is 0 Å². The number of hydrogen-bond acceptors (Lipinski definition) is 3. The third-order valence-electron chi connectivity index (χ3n) is 5.04. The van der Waals surface area contributed by atoms with Crippen LogP contribution in [0.5, 0.6) is 0 Å². The van der Waals surface area contributed by atoms with Crippen molar-refractivity contribution in [3.05, 3.63) is 0 Å². The molecule has 2 fully saturated rings. The maximum absolute atomic E-state index is 12.3. The van der Waals surface area contributed by atoms with Gasteiger partial charge in [0.15, 0.2) is 0 Å². The van der Waals surface area contributed by atoms with Gasteiger partial charge in [0.25, 0.3) is 0 Å². The lowest BCUT2D eigenvalue weighted by Gasteiger charge is -2.43. The predicted octanol–water partition coefficient (Wildman–Crippen LogP) is 1.81. The molecule has 5 nitrogen and oxygen atoms in total. The summed E-state index contributed by atoms with van der Waals surface area (Å²) in [7, 11) is 1.93. The van der Waals surface area contributed by atoms with Crippen LogP contribution in [0.25, 0.3) is 0 Å². The molecule has 0 heterocycles. The number of amides is 1. The van der Waals surface area contributed by atoms with Gasteiger partial charge in [-0.1, -0.05) is 19.3 Å². The minimum atomic E-state index is -0.828. The number of hydrogen-bond donors (Lipinski definition) is 3. The molecule has 0 aromatic rings. The van der Waals surface area contributed by atoms with Gasteiger partial charge in [-0.2, -0.15) is 0 Å². The molecule has 1 amide bonds. The van der Waals surface area contributed by atoms with E-state index in [1.54, 1.807) is 0 Å². The Morgan fingerprint density at radius 1 is 0.950 bits per heavy atom. The van der Waals surface area contributed by atoms with Crippen LogP contribution >= 0.6 is 0 Å². The third kappa shape index (κ3) is 3.51. The van der Waals surface area contributed by atoms with Crippen molar-refractivity contribution in [3.63, 3.8) is 0 Å². The van der Waals surface area contributed by atoms with Crippen LogP contribution in [0.1, 0.15) is 64.2 Å². The smallest absolute Gasteiger partial charge is 0.305 e. The first kappa shape index (κ1) is 15.3. The van der Waals surface area contributed by atoms with E-state index in [0.717, 1.165) is 44.9 Å². The Morgan fingerprint density at radius 2 is 1.55 bits per heavy atom. The van der Waals surface area contributed by atoms with E-state index in [0.29, 0.717) is 6.42 Å². The zero-order valence-electron chi connectivity index (χ0n) is 12.3. The van der Waals surface area contributed by atoms with Crippen LogP contribution in [0.15, 0.2) is 0 Å². The lowest BCUT2D eigenvalue weighted by Crippen LogP contribution is -2.57. The lowest BCUT2D eigenvalue weighted by molar-refractivity contribution is -0.140. The summed E-state index contributed by atoms with van der Waals surface area (Å²) >= 11 is 0. The second-order valence-corrected chi connectivity index (χ2v) is 6.52. The maximum atomic E-state index is 12.3.